The lowest BCUT2D eigenvalue weighted by atomic mass is 10.0. The fourth-order valence-electron chi connectivity index (χ4n) is 0.829. The van der Waals surface area contributed by atoms with Gasteiger partial charge in [-0.1, -0.05) is 6.58 Å². The van der Waals surface area contributed by atoms with Crippen LogP contribution in [0.5, 0.6) is 0 Å². The highest BCUT2D eigenvalue weighted by molar-refractivity contribution is 5.82. The maximum absolute atomic E-state index is 12.1. The monoisotopic (exact) mass is 309 g/mol. The van der Waals surface area contributed by atoms with E-state index in [1.165, 1.54) is 0 Å². The summed E-state index contributed by atoms with van der Waals surface area (Å²) >= 11 is 0. The molecule has 0 spiro atoms. The Bertz CT molecular complexity index is 371. The molecule has 0 heterocycles. The molecule has 0 bridgehead atoms. The summed E-state index contributed by atoms with van der Waals surface area (Å²) in [4.78, 5) is 21.2. The largest absolute Gasteiger partial charge is 0.828 e. The van der Waals surface area contributed by atoms with Crippen molar-refractivity contribution in [2.45, 2.75) is 18.0 Å². The quantitative estimate of drug-likeness (QED) is 0.320. The van der Waals surface area contributed by atoms with Crippen molar-refractivity contribution < 1.29 is 50.5 Å². The van der Waals surface area contributed by atoms with Gasteiger partial charge in [0.1, 0.15) is 13.2 Å². The molecule has 0 unspecified atom stereocenters. The highest BCUT2D eigenvalue weighted by Gasteiger charge is 2.68. The molecule has 0 atom stereocenters. The Balaban J connectivity index is 4.78. The van der Waals surface area contributed by atoms with Gasteiger partial charge in [0.2, 0.25) is 0 Å². The molecule has 0 radical (unpaired) electrons. The summed E-state index contributed by atoms with van der Waals surface area (Å²) in [5.74, 6) is -4.12. The standard InChI is InChI=1S/C9H7F6O5/c1-2-5(16)19-3-4-20-6(17)7(18,8(10,11)12)9(13,14)15/h2H,1,3-4H2/q-1. The molecule has 0 aromatic rings. The number of ether oxygens (including phenoxy) is 2. The minimum atomic E-state index is -6.43. The number of hydrogen-bond acceptors (Lipinski definition) is 5. The van der Waals surface area contributed by atoms with Crippen molar-refractivity contribution in [1.29, 1.82) is 0 Å². The molecule has 0 aromatic heterocycles. The van der Waals surface area contributed by atoms with Gasteiger partial charge in [0.25, 0.3) is 0 Å². The molecule has 20 heavy (non-hydrogen) atoms. The van der Waals surface area contributed by atoms with Gasteiger partial charge in [-0.15, -0.1) is 0 Å². The van der Waals surface area contributed by atoms with Crippen molar-refractivity contribution in [3.8, 4) is 0 Å². The maximum Gasteiger partial charge on any atom is 0.399 e. The van der Waals surface area contributed by atoms with Gasteiger partial charge in [-0.05, 0) is 0 Å². The summed E-state index contributed by atoms with van der Waals surface area (Å²) in [5, 5.41) is 10.8. The molecule has 0 saturated carbocycles. The summed E-state index contributed by atoms with van der Waals surface area (Å²) in [6, 6.07) is 0. The molecule has 0 saturated heterocycles. The van der Waals surface area contributed by atoms with Crippen LogP contribution in [-0.4, -0.2) is 43.1 Å². The molecule has 5 nitrogen and oxygen atoms in total. The lowest BCUT2D eigenvalue weighted by Gasteiger charge is -2.40. The Hall–Kier alpha value is -1.78. The first-order valence-corrected chi connectivity index (χ1v) is 4.68. The first kappa shape index (κ1) is 18.2. The topological polar surface area (TPSA) is 75.7 Å². The molecule has 0 aliphatic carbocycles. The first-order valence-electron chi connectivity index (χ1n) is 4.68. The first-order chi connectivity index (χ1) is 8.88. The van der Waals surface area contributed by atoms with E-state index in [-0.39, 0.29) is 0 Å². The van der Waals surface area contributed by atoms with Crippen LogP contribution in [0.15, 0.2) is 12.7 Å². The summed E-state index contributed by atoms with van der Waals surface area (Å²) in [5.41, 5.74) is -5.90. The molecule has 0 amide bonds. The average molecular weight is 309 g/mol. The normalized spacial score (nSPS) is 12.8. The Morgan fingerprint density at radius 2 is 1.40 bits per heavy atom. The smallest absolute Gasteiger partial charge is 0.399 e. The zero-order valence-electron chi connectivity index (χ0n) is 9.51. The van der Waals surface area contributed by atoms with Gasteiger partial charge in [-0.2, -0.15) is 26.3 Å². The van der Waals surface area contributed by atoms with E-state index in [1.807, 2.05) is 0 Å². The molecular weight excluding hydrogens is 302 g/mol. The van der Waals surface area contributed by atoms with Crippen LogP contribution in [0.4, 0.5) is 26.3 Å². The third-order valence-electron chi connectivity index (χ3n) is 1.81. The van der Waals surface area contributed by atoms with Crippen LogP contribution in [0.3, 0.4) is 0 Å². The zero-order valence-corrected chi connectivity index (χ0v) is 9.51. The molecule has 0 aliphatic rings. The highest BCUT2D eigenvalue weighted by atomic mass is 19.4. The predicted octanol–water partition coefficient (Wildman–Crippen LogP) is 0.482. The van der Waals surface area contributed by atoms with E-state index >= 15 is 0 Å². The van der Waals surface area contributed by atoms with Crippen LogP contribution in [0, 0.1) is 0 Å². The van der Waals surface area contributed by atoms with E-state index in [0.717, 1.165) is 0 Å². The molecule has 0 aromatic carbocycles. The van der Waals surface area contributed by atoms with Gasteiger partial charge >= 0.3 is 24.3 Å². The summed E-state index contributed by atoms with van der Waals surface area (Å²) < 4.78 is 80.3. The van der Waals surface area contributed by atoms with E-state index in [4.69, 9.17) is 0 Å². The average Bonchev–Trinajstić information content (AvgIpc) is 2.29. The second kappa shape index (κ2) is 6.11. The molecule has 0 N–H and O–H groups in total. The summed E-state index contributed by atoms with van der Waals surface area (Å²) in [7, 11) is 0. The van der Waals surface area contributed by atoms with E-state index in [2.05, 4.69) is 16.1 Å². The Labute approximate surface area is 107 Å². The van der Waals surface area contributed by atoms with Gasteiger partial charge in [0.15, 0.2) is 5.60 Å². The lowest BCUT2D eigenvalue weighted by Crippen LogP contribution is -2.71. The van der Waals surface area contributed by atoms with Gasteiger partial charge in [0, 0.05) is 6.08 Å². The number of alkyl halides is 6. The number of carbonyl (C=O) groups excluding carboxylic acids is 2. The second-order valence-electron chi connectivity index (χ2n) is 3.18. The third-order valence-corrected chi connectivity index (χ3v) is 1.81. The van der Waals surface area contributed by atoms with Crippen molar-refractivity contribution in [1.82, 2.24) is 0 Å². The minimum absolute atomic E-state index is 0.658. The Morgan fingerprint density at radius 1 is 1.00 bits per heavy atom. The van der Waals surface area contributed by atoms with Crippen LogP contribution < -0.4 is 5.11 Å². The second-order valence-corrected chi connectivity index (χ2v) is 3.18. The molecule has 0 aliphatic heterocycles. The molecule has 11 heteroatoms. The van der Waals surface area contributed by atoms with Gasteiger partial charge in [-0.3, -0.25) is 4.79 Å². The van der Waals surface area contributed by atoms with Crippen molar-refractivity contribution in [2.24, 2.45) is 0 Å². The number of esters is 2. The number of rotatable bonds is 5. The van der Waals surface area contributed by atoms with Crippen LogP contribution >= 0.6 is 0 Å². The zero-order chi connectivity index (χ0) is 16.2. The van der Waals surface area contributed by atoms with Gasteiger partial charge in [0.05, 0.1) is 0 Å². The number of halogens is 6. The molecule has 116 valence electrons. The minimum Gasteiger partial charge on any atom is -0.828 e. The van der Waals surface area contributed by atoms with Crippen molar-refractivity contribution in [3.05, 3.63) is 12.7 Å². The van der Waals surface area contributed by atoms with E-state index in [0.29, 0.717) is 6.08 Å². The predicted molar refractivity (Wildman–Crippen MR) is 47.0 cm³/mol. The lowest BCUT2D eigenvalue weighted by molar-refractivity contribution is -0.574. The SMILES string of the molecule is C=CC(=O)OCCOC(=O)C([O-])(C(F)(F)F)C(F)(F)F. The van der Waals surface area contributed by atoms with E-state index in [1.54, 1.807) is 0 Å². The third kappa shape index (κ3) is 3.85. The number of carbonyl (C=O) groups is 2. The van der Waals surface area contributed by atoms with Crippen molar-refractivity contribution in [2.75, 3.05) is 13.2 Å². The van der Waals surface area contributed by atoms with Gasteiger partial charge < -0.3 is 14.6 Å². The maximum atomic E-state index is 12.1. The van der Waals surface area contributed by atoms with Crippen LogP contribution in [0.1, 0.15) is 0 Å². The Kier molecular flexibility index (Phi) is 5.57. The summed E-state index contributed by atoms with van der Waals surface area (Å²) in [6.07, 6.45) is -12.2. The molecule has 0 rings (SSSR count). The molecular formula is C9H7F6O5-. The van der Waals surface area contributed by atoms with Crippen molar-refractivity contribution in [3.63, 3.8) is 0 Å². The van der Waals surface area contributed by atoms with E-state index in [9.17, 15) is 41.0 Å². The molecule has 0 fully saturated rings. The van der Waals surface area contributed by atoms with Crippen molar-refractivity contribution >= 4 is 11.9 Å². The van der Waals surface area contributed by atoms with Gasteiger partial charge in [-0.25, -0.2) is 4.79 Å². The fourth-order valence-corrected chi connectivity index (χ4v) is 0.829. The van der Waals surface area contributed by atoms with Crippen LogP contribution in [0.25, 0.3) is 0 Å². The summed E-state index contributed by atoms with van der Waals surface area (Å²) in [6.45, 7) is 0.973. The van der Waals surface area contributed by atoms with Crippen LogP contribution in [-0.2, 0) is 19.1 Å². The van der Waals surface area contributed by atoms with E-state index < -0.39 is 43.1 Å². The number of hydrogen-bond donors (Lipinski definition) is 0. The van der Waals surface area contributed by atoms with Crippen LogP contribution in [0.2, 0.25) is 0 Å². The highest BCUT2D eigenvalue weighted by Crippen LogP contribution is 2.41. The Morgan fingerprint density at radius 3 is 1.75 bits per heavy atom. The fraction of sp³-hybridized carbons (Fsp3) is 0.556.